The average Bonchev–Trinajstić information content (AvgIpc) is 2.35. The van der Waals surface area contributed by atoms with Crippen LogP contribution in [-0.4, -0.2) is 55.1 Å². The second kappa shape index (κ2) is 9.32. The van der Waals surface area contributed by atoms with Gasteiger partial charge in [0.15, 0.2) is 0 Å². The van der Waals surface area contributed by atoms with Crippen LogP contribution in [0.5, 0.6) is 0 Å². The zero-order valence-corrected chi connectivity index (χ0v) is 12.0. The number of amides is 3. The van der Waals surface area contributed by atoms with Crippen molar-refractivity contribution in [3.8, 4) is 0 Å². The molecule has 0 bridgehead atoms. The molecule has 3 amide bonds. The maximum atomic E-state index is 11.8. The molecule has 0 aromatic rings. The third-order valence-corrected chi connectivity index (χ3v) is 2.54. The number of likely N-dealkylation sites (N-methyl/N-ethyl adjacent to an activating group) is 1. The van der Waals surface area contributed by atoms with E-state index in [9.17, 15) is 14.4 Å². The van der Waals surface area contributed by atoms with Crippen molar-refractivity contribution in [2.45, 2.75) is 33.7 Å². The van der Waals surface area contributed by atoms with E-state index in [1.807, 2.05) is 6.92 Å². The summed E-state index contributed by atoms with van der Waals surface area (Å²) in [6.07, 6.45) is 0. The minimum atomic E-state index is -0.586. The van der Waals surface area contributed by atoms with Crippen molar-refractivity contribution in [3.63, 3.8) is 0 Å². The van der Waals surface area contributed by atoms with Gasteiger partial charge in [-0.2, -0.15) is 0 Å². The van der Waals surface area contributed by atoms with Gasteiger partial charge in [-0.05, 0) is 27.3 Å². The number of carbonyl (C=O) groups excluding carboxylic acids is 3. The summed E-state index contributed by atoms with van der Waals surface area (Å²) in [5.41, 5.74) is 0. The molecule has 0 aromatic heterocycles. The number of hydrogen-bond donors (Lipinski definition) is 2. The molecule has 7 nitrogen and oxygen atoms in total. The Hall–Kier alpha value is -1.63. The minimum Gasteiger partial charge on any atom is -0.465 e. The highest BCUT2D eigenvalue weighted by atomic mass is 16.5. The van der Waals surface area contributed by atoms with Crippen LogP contribution in [0.15, 0.2) is 0 Å². The Bertz CT molecular complexity index is 320. The molecule has 0 radical (unpaired) electrons. The molecule has 2 N–H and O–H groups in total. The van der Waals surface area contributed by atoms with Crippen LogP contribution in [0.3, 0.4) is 0 Å². The smallest absolute Gasteiger partial charge is 0.321 e. The van der Waals surface area contributed by atoms with E-state index >= 15 is 0 Å². The highest BCUT2D eigenvalue weighted by molar-refractivity contribution is 5.96. The number of nitrogens with one attached hydrogen (secondary N) is 2. The number of hydrogen-bond acceptors (Lipinski definition) is 5. The summed E-state index contributed by atoms with van der Waals surface area (Å²) in [7, 11) is 0. The zero-order chi connectivity index (χ0) is 14.8. The van der Waals surface area contributed by atoms with E-state index < -0.39 is 18.0 Å². The fourth-order valence-electron chi connectivity index (χ4n) is 1.48. The summed E-state index contributed by atoms with van der Waals surface area (Å²) in [4.78, 5) is 36.1. The zero-order valence-electron chi connectivity index (χ0n) is 12.0. The fraction of sp³-hybridized carbons (Fsp3) is 0.750. The lowest BCUT2D eigenvalue weighted by molar-refractivity contribution is -0.145. The molecule has 0 spiro atoms. The van der Waals surface area contributed by atoms with Crippen molar-refractivity contribution in [3.05, 3.63) is 0 Å². The first-order valence-corrected chi connectivity index (χ1v) is 6.44. The number of nitrogens with zero attached hydrogens (tertiary/aromatic N) is 1. The van der Waals surface area contributed by atoms with E-state index in [4.69, 9.17) is 4.74 Å². The normalized spacial score (nSPS) is 11.8. The maximum Gasteiger partial charge on any atom is 0.321 e. The molecular formula is C12H23N3O4. The summed E-state index contributed by atoms with van der Waals surface area (Å²) < 4.78 is 4.83. The first kappa shape index (κ1) is 17.4. The van der Waals surface area contributed by atoms with Crippen LogP contribution in [0.1, 0.15) is 27.7 Å². The fourth-order valence-corrected chi connectivity index (χ4v) is 1.48. The van der Waals surface area contributed by atoms with Crippen molar-refractivity contribution in [1.82, 2.24) is 15.5 Å². The highest BCUT2D eigenvalue weighted by Gasteiger charge is 2.23. The van der Waals surface area contributed by atoms with Crippen LogP contribution < -0.4 is 10.6 Å². The Balaban J connectivity index is 4.40. The summed E-state index contributed by atoms with van der Waals surface area (Å²) in [5.74, 6) is -0.834. The van der Waals surface area contributed by atoms with E-state index in [-0.39, 0.29) is 12.5 Å². The first-order chi connectivity index (χ1) is 8.96. The Morgan fingerprint density at radius 1 is 1.21 bits per heavy atom. The molecule has 0 heterocycles. The van der Waals surface area contributed by atoms with Crippen molar-refractivity contribution in [1.29, 1.82) is 0 Å². The summed E-state index contributed by atoms with van der Waals surface area (Å²) >= 11 is 0. The molecular weight excluding hydrogens is 250 g/mol. The lowest BCUT2D eigenvalue weighted by Gasteiger charge is -2.25. The van der Waals surface area contributed by atoms with Gasteiger partial charge in [0.25, 0.3) is 0 Å². The number of imide groups is 1. The van der Waals surface area contributed by atoms with E-state index in [0.29, 0.717) is 19.7 Å². The molecule has 0 aliphatic heterocycles. The number of rotatable bonds is 7. The number of esters is 1. The van der Waals surface area contributed by atoms with Gasteiger partial charge >= 0.3 is 12.0 Å². The van der Waals surface area contributed by atoms with Gasteiger partial charge in [-0.25, -0.2) is 4.79 Å². The van der Waals surface area contributed by atoms with Crippen LogP contribution in [0.25, 0.3) is 0 Å². The predicted octanol–water partition coefficient (Wildman–Crippen LogP) is 0.106. The van der Waals surface area contributed by atoms with Crippen molar-refractivity contribution >= 4 is 17.9 Å². The number of urea groups is 1. The molecule has 0 aliphatic carbocycles. The quantitative estimate of drug-likeness (QED) is 0.643. The van der Waals surface area contributed by atoms with Gasteiger partial charge in [0.05, 0.1) is 19.2 Å². The first-order valence-electron chi connectivity index (χ1n) is 6.44. The number of carbonyl (C=O) groups is 3. The standard InChI is InChI=1S/C12H23N3O4/c1-5-13-12(18)14-11(17)9(4)15(6-2)8-10(16)19-7-3/h9H,5-8H2,1-4H3,(H2,13,14,17,18). The van der Waals surface area contributed by atoms with E-state index in [2.05, 4.69) is 10.6 Å². The van der Waals surface area contributed by atoms with Crippen LogP contribution in [0.4, 0.5) is 4.79 Å². The van der Waals surface area contributed by atoms with Crippen LogP contribution >= 0.6 is 0 Å². The third kappa shape index (κ3) is 6.76. The molecule has 19 heavy (non-hydrogen) atoms. The van der Waals surface area contributed by atoms with Crippen LogP contribution in [0, 0.1) is 0 Å². The van der Waals surface area contributed by atoms with Gasteiger partial charge in [0.2, 0.25) is 5.91 Å². The van der Waals surface area contributed by atoms with Gasteiger partial charge in [0.1, 0.15) is 0 Å². The lowest BCUT2D eigenvalue weighted by atomic mass is 10.2. The number of ether oxygens (including phenoxy) is 1. The SMILES string of the molecule is CCNC(=O)NC(=O)C(C)N(CC)CC(=O)OCC. The van der Waals surface area contributed by atoms with Gasteiger partial charge in [0, 0.05) is 6.54 Å². The molecule has 0 fully saturated rings. The average molecular weight is 273 g/mol. The molecule has 1 atom stereocenters. The Kier molecular flexibility index (Phi) is 8.52. The predicted molar refractivity (Wildman–Crippen MR) is 70.6 cm³/mol. The van der Waals surface area contributed by atoms with E-state index in [1.54, 1.807) is 25.7 Å². The Labute approximate surface area is 113 Å². The van der Waals surface area contributed by atoms with E-state index in [0.717, 1.165) is 0 Å². The van der Waals surface area contributed by atoms with Crippen molar-refractivity contribution in [2.75, 3.05) is 26.2 Å². The van der Waals surface area contributed by atoms with E-state index in [1.165, 1.54) is 0 Å². The lowest BCUT2D eigenvalue weighted by Crippen LogP contribution is -2.50. The van der Waals surface area contributed by atoms with Gasteiger partial charge in [-0.3, -0.25) is 19.8 Å². The molecule has 0 saturated heterocycles. The second-order valence-electron chi connectivity index (χ2n) is 3.89. The van der Waals surface area contributed by atoms with Crippen molar-refractivity contribution < 1.29 is 19.1 Å². The largest absolute Gasteiger partial charge is 0.465 e. The summed E-state index contributed by atoms with van der Waals surface area (Å²) in [6.45, 7) is 8.21. The molecule has 1 unspecified atom stereocenters. The van der Waals surface area contributed by atoms with Crippen molar-refractivity contribution in [2.24, 2.45) is 0 Å². The molecule has 0 rings (SSSR count). The summed E-state index contributed by atoms with van der Waals surface area (Å²) in [6, 6.07) is -1.12. The van der Waals surface area contributed by atoms with Gasteiger partial charge in [-0.15, -0.1) is 0 Å². The molecule has 7 heteroatoms. The molecule has 0 aliphatic rings. The van der Waals surface area contributed by atoms with Gasteiger partial charge in [-0.1, -0.05) is 6.92 Å². The Morgan fingerprint density at radius 2 is 1.84 bits per heavy atom. The third-order valence-electron chi connectivity index (χ3n) is 2.54. The molecule has 0 aromatic carbocycles. The van der Waals surface area contributed by atoms with Crippen LogP contribution in [-0.2, 0) is 14.3 Å². The monoisotopic (exact) mass is 273 g/mol. The molecule has 0 saturated carbocycles. The highest BCUT2D eigenvalue weighted by Crippen LogP contribution is 1.99. The minimum absolute atomic E-state index is 0.0221. The van der Waals surface area contributed by atoms with Crippen LogP contribution in [0.2, 0.25) is 0 Å². The topological polar surface area (TPSA) is 87.7 Å². The second-order valence-corrected chi connectivity index (χ2v) is 3.89. The summed E-state index contributed by atoms with van der Waals surface area (Å²) in [5, 5.41) is 4.69. The Morgan fingerprint density at radius 3 is 2.32 bits per heavy atom. The van der Waals surface area contributed by atoms with Gasteiger partial charge < -0.3 is 10.1 Å². The maximum absolute atomic E-state index is 11.8. The molecule has 110 valence electrons.